The lowest BCUT2D eigenvalue weighted by Gasteiger charge is -2.15. The van der Waals surface area contributed by atoms with Crippen LogP contribution in [0.5, 0.6) is 0 Å². The molecule has 1 heterocycles. The summed E-state index contributed by atoms with van der Waals surface area (Å²) in [5.41, 5.74) is 1.65. The van der Waals surface area contributed by atoms with Crippen LogP contribution in [-0.4, -0.2) is 28.6 Å². The van der Waals surface area contributed by atoms with Gasteiger partial charge in [0.05, 0.1) is 18.2 Å². The van der Waals surface area contributed by atoms with Crippen LogP contribution >= 0.6 is 0 Å². The molecule has 0 spiro atoms. The zero-order valence-electron chi connectivity index (χ0n) is 12.7. The van der Waals surface area contributed by atoms with E-state index in [2.05, 4.69) is 15.6 Å². The number of aromatic nitrogens is 1. The van der Waals surface area contributed by atoms with Crippen LogP contribution in [0.2, 0.25) is 0 Å². The zero-order valence-corrected chi connectivity index (χ0v) is 12.7. The number of aliphatic carboxylic acids is 1. The van der Waals surface area contributed by atoms with Gasteiger partial charge in [0.25, 0.3) is 0 Å². The summed E-state index contributed by atoms with van der Waals surface area (Å²) in [5, 5.41) is 14.4. The lowest BCUT2D eigenvalue weighted by molar-refractivity contribution is -0.142. The number of urea groups is 1. The van der Waals surface area contributed by atoms with Crippen molar-refractivity contribution < 1.29 is 14.7 Å². The molecule has 21 heavy (non-hydrogen) atoms. The Morgan fingerprint density at radius 1 is 1.29 bits per heavy atom. The Bertz CT molecular complexity index is 489. The van der Waals surface area contributed by atoms with Gasteiger partial charge in [0, 0.05) is 12.2 Å². The van der Waals surface area contributed by atoms with Crippen molar-refractivity contribution in [3.05, 3.63) is 29.6 Å². The van der Waals surface area contributed by atoms with Crippen LogP contribution in [-0.2, 0) is 11.3 Å². The van der Waals surface area contributed by atoms with Gasteiger partial charge in [-0.3, -0.25) is 9.78 Å². The van der Waals surface area contributed by atoms with Gasteiger partial charge in [-0.2, -0.15) is 0 Å². The molecule has 0 saturated heterocycles. The molecule has 0 bridgehead atoms. The van der Waals surface area contributed by atoms with Crippen molar-refractivity contribution in [3.63, 3.8) is 0 Å². The fourth-order valence-electron chi connectivity index (χ4n) is 1.99. The zero-order chi connectivity index (χ0) is 15.8. The quantitative estimate of drug-likeness (QED) is 0.716. The summed E-state index contributed by atoms with van der Waals surface area (Å²) < 4.78 is 0. The summed E-state index contributed by atoms with van der Waals surface area (Å²) in [6, 6.07) is 5.20. The largest absolute Gasteiger partial charge is 0.481 e. The molecule has 1 unspecified atom stereocenters. The fourth-order valence-corrected chi connectivity index (χ4v) is 1.99. The number of nitrogens with one attached hydrogen (secondary N) is 2. The van der Waals surface area contributed by atoms with Crippen molar-refractivity contribution in [1.82, 2.24) is 15.6 Å². The molecule has 0 aliphatic rings. The van der Waals surface area contributed by atoms with E-state index in [4.69, 9.17) is 5.11 Å². The van der Waals surface area contributed by atoms with Crippen molar-refractivity contribution in [2.24, 2.45) is 11.8 Å². The highest BCUT2D eigenvalue weighted by molar-refractivity contribution is 5.75. The second-order valence-electron chi connectivity index (χ2n) is 5.50. The monoisotopic (exact) mass is 293 g/mol. The summed E-state index contributed by atoms with van der Waals surface area (Å²) in [6.07, 6.45) is 0.537. The Hall–Kier alpha value is -2.11. The third-order valence-corrected chi connectivity index (χ3v) is 2.99. The van der Waals surface area contributed by atoms with Crippen LogP contribution in [0.3, 0.4) is 0 Å². The van der Waals surface area contributed by atoms with Gasteiger partial charge in [0.1, 0.15) is 0 Å². The normalized spacial score (nSPS) is 12.0. The lowest BCUT2D eigenvalue weighted by Crippen LogP contribution is -2.40. The standard InChI is InChI=1S/C15H23N3O3/c1-10(2)7-12(14(19)20)8-16-15(21)17-9-13-6-4-5-11(3)18-13/h4-6,10,12H,7-9H2,1-3H3,(H,19,20)(H2,16,17,21). The molecule has 1 atom stereocenters. The molecule has 1 aromatic heterocycles. The predicted octanol–water partition coefficient (Wildman–Crippen LogP) is 1.94. The Labute approximate surface area is 125 Å². The van der Waals surface area contributed by atoms with Gasteiger partial charge in [-0.1, -0.05) is 19.9 Å². The number of aryl methyl sites for hydroxylation is 1. The van der Waals surface area contributed by atoms with E-state index in [1.165, 1.54) is 0 Å². The summed E-state index contributed by atoms with van der Waals surface area (Å²) in [7, 11) is 0. The number of nitrogens with zero attached hydrogens (tertiary/aromatic N) is 1. The number of carboxylic acid groups (broad SMARTS) is 1. The molecular formula is C15H23N3O3. The highest BCUT2D eigenvalue weighted by atomic mass is 16.4. The number of hydrogen-bond acceptors (Lipinski definition) is 3. The van der Waals surface area contributed by atoms with Crippen molar-refractivity contribution >= 4 is 12.0 Å². The van der Waals surface area contributed by atoms with Gasteiger partial charge in [-0.15, -0.1) is 0 Å². The molecule has 3 N–H and O–H groups in total. The first-order valence-electron chi connectivity index (χ1n) is 7.05. The highest BCUT2D eigenvalue weighted by Gasteiger charge is 2.19. The average Bonchev–Trinajstić information content (AvgIpc) is 2.40. The van der Waals surface area contributed by atoms with Crippen LogP contribution in [0.1, 0.15) is 31.7 Å². The molecule has 1 aromatic rings. The average molecular weight is 293 g/mol. The van der Waals surface area contributed by atoms with E-state index in [0.29, 0.717) is 13.0 Å². The Morgan fingerprint density at radius 2 is 2.00 bits per heavy atom. The van der Waals surface area contributed by atoms with E-state index in [0.717, 1.165) is 11.4 Å². The Morgan fingerprint density at radius 3 is 2.57 bits per heavy atom. The first-order chi connectivity index (χ1) is 9.88. The van der Waals surface area contributed by atoms with Crippen LogP contribution in [0, 0.1) is 18.8 Å². The third-order valence-electron chi connectivity index (χ3n) is 2.99. The number of carbonyl (C=O) groups excluding carboxylic acids is 1. The molecule has 0 aromatic carbocycles. The van der Waals surface area contributed by atoms with Crippen molar-refractivity contribution in [2.75, 3.05) is 6.54 Å². The SMILES string of the molecule is Cc1cccc(CNC(=O)NCC(CC(C)C)C(=O)O)n1. The minimum Gasteiger partial charge on any atom is -0.481 e. The molecule has 0 saturated carbocycles. The first-order valence-corrected chi connectivity index (χ1v) is 7.05. The van der Waals surface area contributed by atoms with Crippen molar-refractivity contribution in [2.45, 2.75) is 33.7 Å². The fraction of sp³-hybridized carbons (Fsp3) is 0.533. The second-order valence-corrected chi connectivity index (χ2v) is 5.50. The predicted molar refractivity (Wildman–Crippen MR) is 79.8 cm³/mol. The maximum absolute atomic E-state index is 11.7. The molecule has 0 aliphatic carbocycles. The number of carboxylic acids is 1. The molecule has 116 valence electrons. The summed E-state index contributed by atoms with van der Waals surface area (Å²) >= 11 is 0. The molecule has 0 radical (unpaired) electrons. The number of hydrogen-bond donors (Lipinski definition) is 3. The molecule has 1 rings (SSSR count). The second kappa shape index (κ2) is 8.24. The molecule has 6 heteroatoms. The first kappa shape index (κ1) is 16.9. The molecular weight excluding hydrogens is 270 g/mol. The lowest BCUT2D eigenvalue weighted by atomic mass is 9.97. The maximum Gasteiger partial charge on any atom is 0.315 e. The molecule has 0 aliphatic heterocycles. The number of amides is 2. The summed E-state index contributed by atoms with van der Waals surface area (Å²) in [5.74, 6) is -1.18. The number of rotatable bonds is 7. The minimum atomic E-state index is -0.885. The highest BCUT2D eigenvalue weighted by Crippen LogP contribution is 2.10. The van der Waals surface area contributed by atoms with E-state index in [9.17, 15) is 9.59 Å². The van der Waals surface area contributed by atoms with Gasteiger partial charge in [-0.05, 0) is 31.4 Å². The topological polar surface area (TPSA) is 91.3 Å². The van der Waals surface area contributed by atoms with Gasteiger partial charge in [0.15, 0.2) is 0 Å². The maximum atomic E-state index is 11.7. The molecule has 2 amide bonds. The minimum absolute atomic E-state index is 0.126. The van der Waals surface area contributed by atoms with Crippen molar-refractivity contribution in [3.8, 4) is 0 Å². The van der Waals surface area contributed by atoms with Gasteiger partial charge >= 0.3 is 12.0 Å². The van der Waals surface area contributed by atoms with E-state index in [-0.39, 0.29) is 18.5 Å². The van der Waals surface area contributed by atoms with Crippen LogP contribution < -0.4 is 10.6 Å². The van der Waals surface area contributed by atoms with Crippen LogP contribution in [0.4, 0.5) is 4.79 Å². The smallest absolute Gasteiger partial charge is 0.315 e. The molecule has 6 nitrogen and oxygen atoms in total. The van der Waals surface area contributed by atoms with Crippen LogP contribution in [0.15, 0.2) is 18.2 Å². The van der Waals surface area contributed by atoms with E-state index < -0.39 is 11.9 Å². The molecule has 0 fully saturated rings. The summed E-state index contributed by atoms with van der Waals surface area (Å²) in [6.45, 7) is 6.24. The van der Waals surface area contributed by atoms with E-state index in [1.807, 2.05) is 39.0 Å². The Kier molecular flexibility index (Phi) is 6.65. The van der Waals surface area contributed by atoms with Crippen LogP contribution in [0.25, 0.3) is 0 Å². The van der Waals surface area contributed by atoms with Gasteiger partial charge in [-0.25, -0.2) is 4.79 Å². The van der Waals surface area contributed by atoms with Gasteiger partial charge < -0.3 is 15.7 Å². The third kappa shape index (κ3) is 6.74. The van der Waals surface area contributed by atoms with E-state index >= 15 is 0 Å². The van der Waals surface area contributed by atoms with E-state index in [1.54, 1.807) is 0 Å². The van der Waals surface area contributed by atoms with Gasteiger partial charge in [0.2, 0.25) is 0 Å². The van der Waals surface area contributed by atoms with Crippen molar-refractivity contribution in [1.29, 1.82) is 0 Å². The summed E-state index contributed by atoms with van der Waals surface area (Å²) in [4.78, 5) is 27.0. The Balaban J connectivity index is 2.37. The number of pyridine rings is 1. The number of carbonyl (C=O) groups is 2.